The number of likely N-dealkylation sites (tertiary alicyclic amines) is 1. The zero-order valence-corrected chi connectivity index (χ0v) is 12.7. The molecule has 0 spiro atoms. The van der Waals surface area contributed by atoms with E-state index in [0.717, 1.165) is 32.2 Å². The van der Waals surface area contributed by atoms with Crippen molar-refractivity contribution in [2.24, 2.45) is 0 Å². The molecule has 0 aromatic carbocycles. The molecule has 0 bridgehead atoms. The van der Waals surface area contributed by atoms with Crippen LogP contribution in [0.25, 0.3) is 0 Å². The summed E-state index contributed by atoms with van der Waals surface area (Å²) in [6, 6.07) is 0.548. The Balaban J connectivity index is 1.83. The standard InChI is InChI=1S/C14H24N4O3/c1-10(2)13-16-17-14(21-13)15-12(20)9-18-7-3-5-11(18)6-4-8-19/h10-11,19H,3-9H2,1-2H3,(H,15,17,20). The summed E-state index contributed by atoms with van der Waals surface area (Å²) in [4.78, 5) is 14.2. The normalized spacial score (nSPS) is 19.3. The third-order valence-corrected chi connectivity index (χ3v) is 3.72. The van der Waals surface area contributed by atoms with Crippen LogP contribution < -0.4 is 5.32 Å². The molecule has 0 aliphatic carbocycles. The van der Waals surface area contributed by atoms with Gasteiger partial charge in [-0.1, -0.05) is 18.9 Å². The molecule has 0 radical (unpaired) electrons. The summed E-state index contributed by atoms with van der Waals surface area (Å²) in [6.45, 7) is 5.36. The zero-order chi connectivity index (χ0) is 15.2. The minimum absolute atomic E-state index is 0.134. The Bertz CT molecular complexity index is 461. The molecule has 1 aliphatic heterocycles. The Kier molecular flexibility index (Phi) is 5.69. The fraction of sp³-hybridized carbons (Fsp3) is 0.786. The van der Waals surface area contributed by atoms with Crippen LogP contribution in [0.3, 0.4) is 0 Å². The van der Waals surface area contributed by atoms with Crippen LogP contribution in [0, 0.1) is 0 Å². The Morgan fingerprint density at radius 1 is 1.52 bits per heavy atom. The third kappa shape index (κ3) is 4.50. The van der Waals surface area contributed by atoms with Crippen molar-refractivity contribution in [3.63, 3.8) is 0 Å². The van der Waals surface area contributed by atoms with Crippen molar-refractivity contribution in [1.82, 2.24) is 15.1 Å². The number of anilines is 1. The molecule has 1 aliphatic rings. The smallest absolute Gasteiger partial charge is 0.322 e. The second-order valence-electron chi connectivity index (χ2n) is 5.78. The number of carbonyl (C=O) groups excluding carboxylic acids is 1. The molecule has 0 saturated carbocycles. The highest BCUT2D eigenvalue weighted by molar-refractivity contribution is 5.90. The topological polar surface area (TPSA) is 91.5 Å². The van der Waals surface area contributed by atoms with Crippen LogP contribution in [0.5, 0.6) is 0 Å². The molecule has 21 heavy (non-hydrogen) atoms. The van der Waals surface area contributed by atoms with Gasteiger partial charge in [0.05, 0.1) is 6.54 Å². The third-order valence-electron chi connectivity index (χ3n) is 3.72. The van der Waals surface area contributed by atoms with E-state index >= 15 is 0 Å². The van der Waals surface area contributed by atoms with E-state index in [1.54, 1.807) is 0 Å². The molecule has 2 heterocycles. The first-order chi connectivity index (χ1) is 10.1. The summed E-state index contributed by atoms with van der Waals surface area (Å²) < 4.78 is 5.37. The van der Waals surface area contributed by atoms with Crippen LogP contribution in [0.4, 0.5) is 6.01 Å². The van der Waals surface area contributed by atoms with E-state index in [1.165, 1.54) is 0 Å². The molecule has 1 unspecified atom stereocenters. The van der Waals surface area contributed by atoms with Crippen molar-refractivity contribution >= 4 is 11.9 Å². The van der Waals surface area contributed by atoms with Gasteiger partial charge in [-0.15, -0.1) is 5.10 Å². The number of hydrogen-bond donors (Lipinski definition) is 2. The van der Waals surface area contributed by atoms with Gasteiger partial charge in [-0.3, -0.25) is 15.0 Å². The van der Waals surface area contributed by atoms with E-state index in [2.05, 4.69) is 20.4 Å². The van der Waals surface area contributed by atoms with Gasteiger partial charge in [-0.25, -0.2) is 0 Å². The predicted octanol–water partition coefficient (Wildman–Crippen LogP) is 1.37. The highest BCUT2D eigenvalue weighted by atomic mass is 16.4. The summed E-state index contributed by atoms with van der Waals surface area (Å²) >= 11 is 0. The van der Waals surface area contributed by atoms with Crippen LogP contribution >= 0.6 is 0 Å². The summed E-state index contributed by atoms with van der Waals surface area (Å²) in [5.74, 6) is 0.529. The van der Waals surface area contributed by atoms with Crippen LogP contribution in [0.1, 0.15) is 51.3 Å². The van der Waals surface area contributed by atoms with Gasteiger partial charge in [0.1, 0.15) is 0 Å². The number of hydrogen-bond acceptors (Lipinski definition) is 6. The summed E-state index contributed by atoms with van der Waals surface area (Å²) in [5.41, 5.74) is 0. The molecule has 2 N–H and O–H groups in total. The van der Waals surface area contributed by atoms with Gasteiger partial charge in [0.15, 0.2) is 0 Å². The van der Waals surface area contributed by atoms with Crippen LogP contribution in [-0.4, -0.2) is 51.8 Å². The van der Waals surface area contributed by atoms with Gasteiger partial charge in [-0.2, -0.15) is 0 Å². The van der Waals surface area contributed by atoms with E-state index < -0.39 is 0 Å². The van der Waals surface area contributed by atoms with Crippen molar-refractivity contribution < 1.29 is 14.3 Å². The molecule has 1 amide bonds. The van der Waals surface area contributed by atoms with Crippen molar-refractivity contribution in [1.29, 1.82) is 0 Å². The monoisotopic (exact) mass is 296 g/mol. The van der Waals surface area contributed by atoms with E-state index in [0.29, 0.717) is 18.5 Å². The molecular formula is C14H24N4O3. The molecule has 118 valence electrons. The van der Waals surface area contributed by atoms with Gasteiger partial charge in [0, 0.05) is 18.6 Å². The Hall–Kier alpha value is -1.47. The highest BCUT2D eigenvalue weighted by Gasteiger charge is 2.26. The van der Waals surface area contributed by atoms with Crippen molar-refractivity contribution in [3.05, 3.63) is 5.89 Å². The number of nitrogens with one attached hydrogen (secondary N) is 1. The van der Waals surface area contributed by atoms with Crippen LogP contribution in [0.15, 0.2) is 4.42 Å². The van der Waals surface area contributed by atoms with Gasteiger partial charge in [-0.05, 0) is 32.2 Å². The summed E-state index contributed by atoms with van der Waals surface area (Å²) in [7, 11) is 0. The molecular weight excluding hydrogens is 272 g/mol. The maximum absolute atomic E-state index is 12.0. The minimum atomic E-state index is -0.134. The van der Waals surface area contributed by atoms with E-state index in [9.17, 15) is 4.79 Å². The molecule has 1 aromatic rings. The largest absolute Gasteiger partial charge is 0.408 e. The Labute approximate surface area is 124 Å². The second kappa shape index (κ2) is 7.51. The predicted molar refractivity (Wildman–Crippen MR) is 77.9 cm³/mol. The summed E-state index contributed by atoms with van der Waals surface area (Å²) in [5, 5.41) is 19.3. The first-order valence-electron chi connectivity index (χ1n) is 7.58. The Morgan fingerprint density at radius 2 is 2.33 bits per heavy atom. The number of aliphatic hydroxyl groups excluding tert-OH is 1. The minimum Gasteiger partial charge on any atom is -0.408 e. The van der Waals surface area contributed by atoms with Gasteiger partial charge < -0.3 is 9.52 Å². The van der Waals surface area contributed by atoms with Crippen molar-refractivity contribution in [2.75, 3.05) is 25.0 Å². The first-order valence-corrected chi connectivity index (χ1v) is 7.58. The number of aliphatic hydroxyl groups is 1. The van der Waals surface area contributed by atoms with E-state index in [1.807, 2.05) is 13.8 Å². The number of rotatable bonds is 7. The quantitative estimate of drug-likeness (QED) is 0.789. The lowest BCUT2D eigenvalue weighted by molar-refractivity contribution is -0.117. The first kappa shape index (κ1) is 15.9. The van der Waals surface area contributed by atoms with Crippen LogP contribution in [-0.2, 0) is 4.79 Å². The average Bonchev–Trinajstić information content (AvgIpc) is 3.06. The van der Waals surface area contributed by atoms with E-state index in [4.69, 9.17) is 9.52 Å². The number of carbonyl (C=O) groups is 1. The lowest BCUT2D eigenvalue weighted by atomic mass is 10.1. The lowest BCUT2D eigenvalue weighted by Crippen LogP contribution is -2.37. The second-order valence-corrected chi connectivity index (χ2v) is 5.78. The lowest BCUT2D eigenvalue weighted by Gasteiger charge is -2.23. The zero-order valence-electron chi connectivity index (χ0n) is 12.7. The maximum atomic E-state index is 12.0. The maximum Gasteiger partial charge on any atom is 0.322 e. The van der Waals surface area contributed by atoms with E-state index in [-0.39, 0.29) is 24.4 Å². The molecule has 1 atom stereocenters. The molecule has 1 aromatic heterocycles. The molecule has 7 heteroatoms. The number of amides is 1. The molecule has 1 saturated heterocycles. The summed E-state index contributed by atoms with van der Waals surface area (Å²) in [6.07, 6.45) is 3.90. The van der Waals surface area contributed by atoms with Crippen molar-refractivity contribution in [3.8, 4) is 0 Å². The fourth-order valence-electron chi connectivity index (χ4n) is 2.62. The molecule has 1 fully saturated rings. The van der Waals surface area contributed by atoms with Gasteiger partial charge in [0.2, 0.25) is 11.8 Å². The average molecular weight is 296 g/mol. The SMILES string of the molecule is CC(C)c1nnc(NC(=O)CN2CCCC2CCCO)o1. The van der Waals surface area contributed by atoms with Gasteiger partial charge >= 0.3 is 6.01 Å². The molecule has 7 nitrogen and oxygen atoms in total. The number of nitrogens with zero attached hydrogens (tertiary/aromatic N) is 3. The number of aromatic nitrogens is 2. The highest BCUT2D eigenvalue weighted by Crippen LogP contribution is 2.21. The van der Waals surface area contributed by atoms with Gasteiger partial charge in [0.25, 0.3) is 0 Å². The molecule has 2 rings (SSSR count). The fourth-order valence-corrected chi connectivity index (χ4v) is 2.62. The van der Waals surface area contributed by atoms with Crippen LogP contribution in [0.2, 0.25) is 0 Å². The van der Waals surface area contributed by atoms with Crippen molar-refractivity contribution in [2.45, 2.75) is 51.5 Å². The Morgan fingerprint density at radius 3 is 3.00 bits per heavy atom.